The highest BCUT2D eigenvalue weighted by atomic mass is 32.2. The highest BCUT2D eigenvalue weighted by Crippen LogP contribution is 2.21. The van der Waals surface area contributed by atoms with Crippen LogP contribution in [-0.2, 0) is 4.79 Å². The number of Topliss-reactive ketones (excluding diaryl/α,β-unsaturated/α-hetero) is 1. The third-order valence-electron chi connectivity index (χ3n) is 1.37. The number of nitrogens with two attached hydrogens (primary N) is 1. The Balaban J connectivity index is 3.97. The number of ketones is 1. The normalized spacial score (nSPS) is 11.6. The van der Waals surface area contributed by atoms with Crippen LogP contribution < -0.4 is 5.73 Å². The Hall–Kier alpha value is -0.0200. The van der Waals surface area contributed by atoms with Gasteiger partial charge in [0.25, 0.3) is 0 Å². The molecule has 0 saturated carbocycles. The molecule has 0 amide bonds. The Kier molecular flexibility index (Phi) is 3.22. The van der Waals surface area contributed by atoms with Gasteiger partial charge < -0.3 is 5.73 Å². The van der Waals surface area contributed by atoms with E-state index in [4.69, 9.17) is 5.73 Å². The summed E-state index contributed by atoms with van der Waals surface area (Å²) in [5.74, 6) is 0.106. The van der Waals surface area contributed by atoms with Gasteiger partial charge in [-0.25, -0.2) is 0 Å². The van der Waals surface area contributed by atoms with Crippen molar-refractivity contribution in [3.8, 4) is 0 Å². The molecule has 0 aliphatic carbocycles. The van der Waals surface area contributed by atoms with Crippen LogP contribution in [0.3, 0.4) is 0 Å². The SMILES string of the molecule is CSC(C)(C)C(=O)CN. The molecule has 2 nitrogen and oxygen atoms in total. The lowest BCUT2D eigenvalue weighted by Gasteiger charge is -2.18. The maximum absolute atomic E-state index is 10.9. The predicted octanol–water partition coefficient (Wildman–Crippen LogP) is 0.656. The average Bonchev–Trinajstić information content (AvgIpc) is 1.86. The third-order valence-corrected chi connectivity index (χ3v) is 2.62. The van der Waals surface area contributed by atoms with E-state index in [0.717, 1.165) is 0 Å². The van der Waals surface area contributed by atoms with Crippen molar-refractivity contribution in [2.45, 2.75) is 18.6 Å². The Morgan fingerprint density at radius 3 is 2.22 bits per heavy atom. The maximum Gasteiger partial charge on any atom is 0.161 e. The first kappa shape index (κ1) is 8.98. The van der Waals surface area contributed by atoms with Crippen LogP contribution in [-0.4, -0.2) is 23.3 Å². The lowest BCUT2D eigenvalue weighted by molar-refractivity contribution is -0.119. The van der Waals surface area contributed by atoms with Gasteiger partial charge in [0.1, 0.15) is 0 Å². The van der Waals surface area contributed by atoms with Crippen molar-refractivity contribution < 1.29 is 4.79 Å². The molecule has 0 aromatic rings. The highest BCUT2D eigenvalue weighted by Gasteiger charge is 2.23. The van der Waals surface area contributed by atoms with Crippen molar-refractivity contribution in [2.75, 3.05) is 12.8 Å². The van der Waals surface area contributed by atoms with Crippen molar-refractivity contribution in [1.29, 1.82) is 0 Å². The molecule has 0 spiro atoms. The molecule has 9 heavy (non-hydrogen) atoms. The Labute approximate surface area is 60.2 Å². The highest BCUT2D eigenvalue weighted by molar-refractivity contribution is 8.00. The first-order valence-corrected chi connectivity index (χ1v) is 4.05. The van der Waals surface area contributed by atoms with Gasteiger partial charge in [-0.05, 0) is 20.1 Å². The summed E-state index contributed by atoms with van der Waals surface area (Å²) < 4.78 is -0.297. The first-order valence-electron chi connectivity index (χ1n) is 2.83. The minimum absolute atomic E-state index is 0.106. The molecule has 0 heterocycles. The van der Waals surface area contributed by atoms with Crippen molar-refractivity contribution in [3.05, 3.63) is 0 Å². The van der Waals surface area contributed by atoms with Crippen LogP contribution in [0.25, 0.3) is 0 Å². The van der Waals surface area contributed by atoms with Crippen LogP contribution in [0.5, 0.6) is 0 Å². The van der Waals surface area contributed by atoms with Crippen molar-refractivity contribution >= 4 is 17.5 Å². The van der Waals surface area contributed by atoms with Crippen LogP contribution in [0.4, 0.5) is 0 Å². The number of carbonyl (C=O) groups excluding carboxylic acids is 1. The predicted molar refractivity (Wildman–Crippen MR) is 41.7 cm³/mol. The van der Waals surface area contributed by atoms with Gasteiger partial charge in [-0.15, -0.1) is 0 Å². The van der Waals surface area contributed by atoms with Crippen LogP contribution in [0.15, 0.2) is 0 Å². The van der Waals surface area contributed by atoms with Gasteiger partial charge in [-0.1, -0.05) is 0 Å². The second-order valence-corrected chi connectivity index (χ2v) is 3.77. The minimum Gasteiger partial charge on any atom is -0.324 e. The van der Waals surface area contributed by atoms with E-state index in [1.165, 1.54) is 11.8 Å². The van der Waals surface area contributed by atoms with E-state index in [9.17, 15) is 4.79 Å². The molecule has 2 N–H and O–H groups in total. The molecule has 0 bridgehead atoms. The molecular formula is C6H13NOS. The second-order valence-electron chi connectivity index (χ2n) is 2.34. The van der Waals surface area contributed by atoms with E-state index in [1.807, 2.05) is 20.1 Å². The zero-order valence-electron chi connectivity index (χ0n) is 6.10. The summed E-state index contributed by atoms with van der Waals surface area (Å²) in [7, 11) is 0. The van der Waals surface area contributed by atoms with Crippen LogP contribution in [0.2, 0.25) is 0 Å². The van der Waals surface area contributed by atoms with Gasteiger partial charge in [-0.3, -0.25) is 4.79 Å². The summed E-state index contributed by atoms with van der Waals surface area (Å²) in [5, 5.41) is 0. The molecule has 0 aliphatic heterocycles. The average molecular weight is 147 g/mol. The number of carbonyl (C=O) groups is 1. The Morgan fingerprint density at radius 1 is 1.67 bits per heavy atom. The van der Waals surface area contributed by atoms with E-state index >= 15 is 0 Å². The molecule has 0 fully saturated rings. The van der Waals surface area contributed by atoms with Crippen LogP contribution in [0, 0.1) is 0 Å². The van der Waals surface area contributed by atoms with E-state index in [1.54, 1.807) is 0 Å². The van der Waals surface area contributed by atoms with Gasteiger partial charge in [0.2, 0.25) is 0 Å². The smallest absolute Gasteiger partial charge is 0.161 e. The van der Waals surface area contributed by atoms with E-state index in [2.05, 4.69) is 0 Å². The molecule has 0 aromatic heterocycles. The molecule has 54 valence electrons. The minimum atomic E-state index is -0.297. The summed E-state index contributed by atoms with van der Waals surface area (Å²) in [4.78, 5) is 10.9. The molecule has 0 aliphatic rings. The number of rotatable bonds is 3. The summed E-state index contributed by atoms with van der Waals surface area (Å²) >= 11 is 1.53. The molecular weight excluding hydrogens is 134 g/mol. The molecule has 0 radical (unpaired) electrons. The summed E-state index contributed by atoms with van der Waals surface area (Å²) in [6.07, 6.45) is 1.91. The van der Waals surface area contributed by atoms with E-state index < -0.39 is 0 Å². The molecule has 0 unspecified atom stereocenters. The van der Waals surface area contributed by atoms with Gasteiger partial charge >= 0.3 is 0 Å². The fourth-order valence-corrected chi connectivity index (χ4v) is 0.671. The zero-order valence-corrected chi connectivity index (χ0v) is 6.92. The monoisotopic (exact) mass is 147 g/mol. The molecule has 0 aromatic carbocycles. The maximum atomic E-state index is 10.9. The lowest BCUT2D eigenvalue weighted by atomic mass is 10.1. The summed E-state index contributed by atoms with van der Waals surface area (Å²) in [6.45, 7) is 3.91. The molecule has 0 rings (SSSR count). The van der Waals surface area contributed by atoms with Crippen molar-refractivity contribution in [1.82, 2.24) is 0 Å². The molecule has 3 heteroatoms. The standard InChI is InChI=1S/C6H13NOS/c1-6(2,9-3)5(8)4-7/h4,7H2,1-3H3. The Morgan fingerprint density at radius 2 is 2.11 bits per heavy atom. The number of thioether (sulfide) groups is 1. The Bertz CT molecular complexity index is 112. The number of hydrogen-bond donors (Lipinski definition) is 1. The third kappa shape index (κ3) is 2.37. The van der Waals surface area contributed by atoms with Crippen molar-refractivity contribution in [2.24, 2.45) is 5.73 Å². The zero-order chi connectivity index (χ0) is 7.49. The lowest BCUT2D eigenvalue weighted by Crippen LogP contribution is -2.33. The van der Waals surface area contributed by atoms with Crippen molar-refractivity contribution in [3.63, 3.8) is 0 Å². The van der Waals surface area contributed by atoms with Crippen LogP contribution in [0.1, 0.15) is 13.8 Å². The topological polar surface area (TPSA) is 43.1 Å². The van der Waals surface area contributed by atoms with Gasteiger partial charge in [-0.2, -0.15) is 11.8 Å². The molecule has 0 atom stereocenters. The van der Waals surface area contributed by atoms with E-state index in [0.29, 0.717) is 0 Å². The quantitative estimate of drug-likeness (QED) is 0.637. The van der Waals surface area contributed by atoms with E-state index in [-0.39, 0.29) is 17.1 Å². The largest absolute Gasteiger partial charge is 0.324 e. The summed E-state index contributed by atoms with van der Waals surface area (Å²) in [6, 6.07) is 0. The second kappa shape index (κ2) is 3.22. The summed E-state index contributed by atoms with van der Waals surface area (Å²) in [5.41, 5.74) is 5.17. The number of hydrogen-bond acceptors (Lipinski definition) is 3. The van der Waals surface area contributed by atoms with Crippen LogP contribution >= 0.6 is 11.8 Å². The first-order chi connectivity index (χ1) is 4.04. The fourth-order valence-electron chi connectivity index (χ4n) is 0.360. The van der Waals surface area contributed by atoms with Gasteiger partial charge in [0, 0.05) is 0 Å². The van der Waals surface area contributed by atoms with Gasteiger partial charge in [0.15, 0.2) is 5.78 Å². The van der Waals surface area contributed by atoms with Gasteiger partial charge in [0.05, 0.1) is 11.3 Å². The molecule has 0 saturated heterocycles. The fraction of sp³-hybridized carbons (Fsp3) is 0.833.